The molecule has 1 nitrogen and oxygen atoms in total. The molecule has 0 aromatic heterocycles. The van der Waals surface area contributed by atoms with Gasteiger partial charge in [-0.05, 0) is 33.6 Å². The van der Waals surface area contributed by atoms with Gasteiger partial charge in [-0.1, -0.05) is 92.0 Å². The summed E-state index contributed by atoms with van der Waals surface area (Å²) in [6, 6.07) is 33.6. The van der Waals surface area contributed by atoms with Crippen molar-refractivity contribution in [3.63, 3.8) is 0 Å². The maximum absolute atomic E-state index is 2.52. The van der Waals surface area contributed by atoms with Gasteiger partial charge in [0.05, 0.1) is 11.4 Å². The summed E-state index contributed by atoms with van der Waals surface area (Å²) in [7, 11) is -1.79. The van der Waals surface area contributed by atoms with Crippen LogP contribution in [0, 0.1) is 0 Å². The van der Waals surface area contributed by atoms with Gasteiger partial charge in [-0.15, -0.1) is 0 Å². The van der Waals surface area contributed by atoms with Crippen LogP contribution in [0.5, 0.6) is 0 Å². The minimum Gasteiger partial charge on any atom is -0.309 e. The van der Waals surface area contributed by atoms with Gasteiger partial charge in [0.25, 0.3) is 0 Å². The third-order valence-electron chi connectivity index (χ3n) is 6.40. The van der Waals surface area contributed by atoms with E-state index < -0.39 is 8.07 Å². The van der Waals surface area contributed by atoms with E-state index in [0.717, 1.165) is 0 Å². The number of fused-ring (bicyclic) bond motifs is 7. The van der Waals surface area contributed by atoms with Crippen LogP contribution in [0.4, 0.5) is 17.1 Å². The van der Waals surface area contributed by atoms with Crippen LogP contribution in [0.3, 0.4) is 0 Å². The van der Waals surface area contributed by atoms with E-state index in [9.17, 15) is 0 Å². The topological polar surface area (TPSA) is 3.24 Å². The van der Waals surface area contributed by atoms with E-state index in [4.69, 9.17) is 0 Å². The molecule has 134 valence electrons. The summed E-state index contributed by atoms with van der Waals surface area (Å²) in [4.78, 5) is 2.52. The maximum Gasteiger partial charge on any atom is 0.117 e. The Morgan fingerprint density at radius 3 is 1.82 bits per heavy atom. The van der Waals surface area contributed by atoms with Crippen LogP contribution in [0.2, 0.25) is 13.1 Å². The lowest BCUT2D eigenvalue weighted by Crippen LogP contribution is -2.58. The molecule has 0 aliphatic carbocycles. The Bertz CT molecular complexity index is 1250. The minimum absolute atomic E-state index is 1.28. The van der Waals surface area contributed by atoms with Gasteiger partial charge in [-0.2, -0.15) is 0 Å². The van der Waals surface area contributed by atoms with Crippen molar-refractivity contribution >= 4 is 35.5 Å². The number of para-hydroxylation sites is 3. The molecule has 6 rings (SSSR count). The molecule has 4 aromatic rings. The van der Waals surface area contributed by atoms with Crippen molar-refractivity contribution < 1.29 is 0 Å². The summed E-state index contributed by atoms with van der Waals surface area (Å²) in [6.45, 7) is 4.98. The lowest BCUT2D eigenvalue weighted by Gasteiger charge is -2.41. The molecule has 28 heavy (non-hydrogen) atoms. The monoisotopic (exact) mass is 375 g/mol. The first-order valence-electron chi connectivity index (χ1n) is 9.90. The highest BCUT2D eigenvalue weighted by molar-refractivity contribution is 7.02. The molecule has 2 heterocycles. The highest BCUT2D eigenvalue weighted by atomic mass is 28.3. The van der Waals surface area contributed by atoms with Gasteiger partial charge in [-0.3, -0.25) is 0 Å². The zero-order valence-corrected chi connectivity index (χ0v) is 17.1. The molecule has 4 aromatic carbocycles. The van der Waals surface area contributed by atoms with Crippen molar-refractivity contribution in [3.8, 4) is 22.3 Å². The second-order valence-corrected chi connectivity index (χ2v) is 12.6. The lowest BCUT2D eigenvalue weighted by molar-refractivity contribution is 1.30. The molecule has 0 amide bonds. The Kier molecular flexibility index (Phi) is 3.10. The van der Waals surface area contributed by atoms with Crippen LogP contribution in [0.1, 0.15) is 0 Å². The Labute approximate surface area is 166 Å². The smallest absolute Gasteiger partial charge is 0.117 e. The normalized spacial score (nSPS) is 15.0. The number of nitrogens with zero attached hydrogens (tertiary/aromatic N) is 1. The molecular formula is C26H21NSi. The highest BCUT2D eigenvalue weighted by Gasteiger charge is 2.41. The van der Waals surface area contributed by atoms with Gasteiger partial charge in [0.1, 0.15) is 8.07 Å². The summed E-state index contributed by atoms with van der Waals surface area (Å²) in [6.07, 6.45) is 0. The average Bonchev–Trinajstić information content (AvgIpc) is 2.86. The molecule has 0 fully saturated rings. The predicted octanol–water partition coefficient (Wildman–Crippen LogP) is 5.94. The lowest BCUT2D eigenvalue weighted by atomic mass is 9.95. The summed E-state index contributed by atoms with van der Waals surface area (Å²) < 4.78 is 0. The fourth-order valence-corrected chi connectivity index (χ4v) is 8.06. The van der Waals surface area contributed by atoms with Gasteiger partial charge in [0.2, 0.25) is 0 Å². The van der Waals surface area contributed by atoms with Crippen LogP contribution >= 0.6 is 0 Å². The second kappa shape index (κ2) is 5.46. The molecular weight excluding hydrogens is 354 g/mol. The zero-order valence-electron chi connectivity index (χ0n) is 16.1. The fraction of sp³-hybridized carbons (Fsp3) is 0.0769. The van der Waals surface area contributed by atoms with E-state index in [1.165, 1.54) is 49.7 Å². The van der Waals surface area contributed by atoms with E-state index in [0.29, 0.717) is 0 Å². The van der Waals surface area contributed by atoms with Crippen LogP contribution in [0.15, 0.2) is 91.0 Å². The molecule has 0 saturated heterocycles. The van der Waals surface area contributed by atoms with E-state index in [2.05, 4.69) is 109 Å². The minimum atomic E-state index is -1.79. The number of hydrogen-bond donors (Lipinski definition) is 0. The molecule has 2 aliphatic rings. The standard InChI is InChI=1S/C26H21NSi/c1-28(2)24-16-8-7-15-23(24)27-22-14-6-5-12-20(22)18-10-3-4-11-19(18)21-13-9-17-25(28)26(21)27/h3-17H,1-2H3. The molecule has 0 saturated carbocycles. The Balaban J connectivity index is 1.85. The average molecular weight is 376 g/mol. The summed E-state index contributed by atoms with van der Waals surface area (Å²) in [5, 5.41) is 3.04. The zero-order chi connectivity index (χ0) is 18.9. The highest BCUT2D eigenvalue weighted by Crippen LogP contribution is 2.51. The SMILES string of the molecule is C[Si]1(C)c2ccccc2N2c3ccccc3-c3ccccc3-c3cccc1c32. The van der Waals surface area contributed by atoms with E-state index in [1.54, 1.807) is 0 Å². The maximum atomic E-state index is 2.52. The van der Waals surface area contributed by atoms with Crippen molar-refractivity contribution in [2.75, 3.05) is 4.90 Å². The van der Waals surface area contributed by atoms with Gasteiger partial charge in [-0.25, -0.2) is 0 Å². The number of benzene rings is 4. The van der Waals surface area contributed by atoms with Crippen LogP contribution in [0.25, 0.3) is 22.3 Å². The summed E-state index contributed by atoms with van der Waals surface area (Å²) in [5.41, 5.74) is 9.31. The first-order chi connectivity index (χ1) is 13.7. The van der Waals surface area contributed by atoms with Crippen LogP contribution in [-0.4, -0.2) is 8.07 Å². The molecule has 0 radical (unpaired) electrons. The fourth-order valence-electron chi connectivity index (χ4n) is 5.07. The molecule has 0 N–H and O–H groups in total. The van der Waals surface area contributed by atoms with Gasteiger partial charge in [0, 0.05) is 16.8 Å². The van der Waals surface area contributed by atoms with Crippen LogP contribution < -0.4 is 15.3 Å². The molecule has 0 unspecified atom stereocenters. The quantitative estimate of drug-likeness (QED) is 0.303. The third-order valence-corrected chi connectivity index (χ3v) is 9.92. The molecule has 0 spiro atoms. The van der Waals surface area contributed by atoms with E-state index in [1.807, 2.05) is 0 Å². The number of anilines is 3. The van der Waals surface area contributed by atoms with Crippen molar-refractivity contribution in [2.45, 2.75) is 13.1 Å². The van der Waals surface area contributed by atoms with Crippen LogP contribution in [-0.2, 0) is 0 Å². The van der Waals surface area contributed by atoms with Gasteiger partial charge < -0.3 is 4.90 Å². The van der Waals surface area contributed by atoms with Gasteiger partial charge in [0.15, 0.2) is 0 Å². The molecule has 2 heteroatoms. The van der Waals surface area contributed by atoms with Crippen molar-refractivity contribution in [2.24, 2.45) is 0 Å². The number of hydrogen-bond acceptors (Lipinski definition) is 1. The largest absolute Gasteiger partial charge is 0.309 e. The van der Waals surface area contributed by atoms with E-state index >= 15 is 0 Å². The summed E-state index contributed by atoms with van der Waals surface area (Å²) >= 11 is 0. The first kappa shape index (κ1) is 15.9. The van der Waals surface area contributed by atoms with Crippen molar-refractivity contribution in [1.29, 1.82) is 0 Å². The molecule has 0 bridgehead atoms. The molecule has 2 aliphatic heterocycles. The predicted molar refractivity (Wildman–Crippen MR) is 122 cm³/mol. The van der Waals surface area contributed by atoms with Crippen molar-refractivity contribution in [3.05, 3.63) is 91.0 Å². The van der Waals surface area contributed by atoms with E-state index in [-0.39, 0.29) is 0 Å². The number of rotatable bonds is 0. The Hall–Kier alpha value is -3.10. The third kappa shape index (κ3) is 1.91. The Morgan fingerprint density at radius 2 is 1.04 bits per heavy atom. The van der Waals surface area contributed by atoms with Crippen molar-refractivity contribution in [1.82, 2.24) is 0 Å². The summed E-state index contributed by atoms with van der Waals surface area (Å²) in [5.74, 6) is 0. The Morgan fingerprint density at radius 1 is 0.500 bits per heavy atom. The first-order valence-corrected chi connectivity index (χ1v) is 12.9. The molecule has 0 atom stereocenters. The second-order valence-electron chi connectivity index (χ2n) is 8.24. The van der Waals surface area contributed by atoms with Gasteiger partial charge >= 0.3 is 0 Å².